The maximum atomic E-state index is 14.0. The number of hydrogen-bond acceptors (Lipinski definition) is 12. The van der Waals surface area contributed by atoms with Gasteiger partial charge < -0.3 is 29.2 Å². The highest BCUT2D eigenvalue weighted by Crippen LogP contribution is 2.52. The molecule has 3 unspecified atom stereocenters. The summed E-state index contributed by atoms with van der Waals surface area (Å²) in [4.78, 5) is 63.5. The molecule has 1 amide bonds. The molecular formula is C66H125N2O12P. The van der Waals surface area contributed by atoms with Crippen LogP contribution in [0.2, 0.25) is 0 Å². The van der Waals surface area contributed by atoms with Gasteiger partial charge in [0.15, 0.2) is 6.10 Å². The van der Waals surface area contributed by atoms with Crippen molar-refractivity contribution >= 4 is 31.6 Å². The van der Waals surface area contributed by atoms with Crippen molar-refractivity contribution in [3.8, 4) is 6.07 Å². The molecule has 476 valence electrons. The van der Waals surface area contributed by atoms with Crippen molar-refractivity contribution in [3.05, 3.63) is 0 Å². The number of nitrogens with zero attached hydrogens (tertiary/aromatic N) is 1. The Morgan fingerprint density at radius 2 is 0.975 bits per heavy atom. The summed E-state index contributed by atoms with van der Waals surface area (Å²) in [6.07, 6.45) is 36.6. The van der Waals surface area contributed by atoms with Gasteiger partial charge in [-0.3, -0.25) is 28.2 Å². The van der Waals surface area contributed by atoms with Crippen LogP contribution < -0.4 is 5.32 Å². The molecule has 0 spiro atoms. The molecule has 0 heterocycles. The maximum absolute atomic E-state index is 14.0. The zero-order chi connectivity index (χ0) is 61.1. The maximum Gasteiger partial charge on any atom is 0.472 e. The molecule has 81 heavy (non-hydrogen) atoms. The van der Waals surface area contributed by atoms with Crippen LogP contribution in [-0.2, 0) is 51.7 Å². The molecule has 0 rings (SSSR count). The highest BCUT2D eigenvalue weighted by Gasteiger charge is 2.51. The first-order valence-corrected chi connectivity index (χ1v) is 34.2. The van der Waals surface area contributed by atoms with Crippen LogP contribution in [-0.4, -0.2) is 79.0 Å². The van der Waals surface area contributed by atoms with Crippen LogP contribution in [0.25, 0.3) is 0 Å². The Morgan fingerprint density at radius 1 is 0.556 bits per heavy atom. The molecule has 0 fully saturated rings. The zero-order valence-electron chi connectivity index (χ0n) is 54.5. The SMILES string of the molecule is CCCCCCCCCCCCCCCCCC(=O)OC[C@H](COP(=O)(O)OCCNC(=O)CCC(C)(C#N)C(C)(C)CC(C)(C(=O)OC(C)(C)CCOC(C)(C)C)C(C)C)OC(=O)CCCCCCCCCCCCCCCCC. The van der Waals surface area contributed by atoms with Gasteiger partial charge in [-0.25, -0.2) is 4.57 Å². The lowest BCUT2D eigenvalue weighted by molar-refractivity contribution is -0.177. The fourth-order valence-electron chi connectivity index (χ4n) is 10.1. The van der Waals surface area contributed by atoms with E-state index in [0.29, 0.717) is 32.3 Å². The molecule has 0 aromatic carbocycles. The van der Waals surface area contributed by atoms with Gasteiger partial charge in [0.2, 0.25) is 5.91 Å². The van der Waals surface area contributed by atoms with Gasteiger partial charge in [-0.05, 0) is 85.5 Å². The number of phosphoric acid groups is 1. The summed E-state index contributed by atoms with van der Waals surface area (Å²) in [5.74, 6) is -1.78. The molecule has 0 bridgehead atoms. The summed E-state index contributed by atoms with van der Waals surface area (Å²) in [7, 11) is -4.70. The van der Waals surface area contributed by atoms with Gasteiger partial charge in [-0.1, -0.05) is 221 Å². The first-order valence-electron chi connectivity index (χ1n) is 32.7. The number of nitriles is 1. The fraction of sp³-hybridized carbons (Fsp3) is 0.924. The molecule has 0 saturated carbocycles. The molecule has 0 aliphatic rings. The lowest BCUT2D eigenvalue weighted by atomic mass is 9.57. The first-order chi connectivity index (χ1) is 38.2. The lowest BCUT2D eigenvalue weighted by Crippen LogP contribution is -2.47. The Balaban J connectivity index is 5.19. The van der Waals surface area contributed by atoms with E-state index in [1.807, 2.05) is 69.2 Å². The zero-order valence-corrected chi connectivity index (χ0v) is 55.4. The number of rotatable bonds is 54. The van der Waals surface area contributed by atoms with Crippen molar-refractivity contribution in [2.75, 3.05) is 33.0 Å². The largest absolute Gasteiger partial charge is 0.472 e. The average molecular weight is 1170 g/mol. The third-order valence-electron chi connectivity index (χ3n) is 16.5. The topological polar surface area (TPSA) is 197 Å². The molecule has 0 aliphatic heterocycles. The van der Waals surface area contributed by atoms with Crippen molar-refractivity contribution in [3.63, 3.8) is 0 Å². The second-order valence-corrected chi connectivity index (χ2v) is 28.0. The van der Waals surface area contributed by atoms with Gasteiger partial charge >= 0.3 is 25.7 Å². The number of carbonyl (C=O) groups excluding carboxylic acids is 4. The summed E-state index contributed by atoms with van der Waals surface area (Å²) in [5.41, 5.74) is -3.78. The van der Waals surface area contributed by atoms with Crippen LogP contribution in [0, 0.1) is 33.5 Å². The minimum atomic E-state index is -4.70. The molecule has 4 atom stereocenters. The molecule has 2 N–H and O–H groups in total. The molecular weight excluding hydrogens is 1040 g/mol. The second-order valence-electron chi connectivity index (χ2n) is 26.6. The molecule has 0 aromatic heterocycles. The van der Waals surface area contributed by atoms with Gasteiger partial charge in [0.05, 0.1) is 42.3 Å². The van der Waals surface area contributed by atoms with E-state index in [1.165, 1.54) is 141 Å². The minimum absolute atomic E-state index is 0.0188. The minimum Gasteiger partial charge on any atom is -0.462 e. The summed E-state index contributed by atoms with van der Waals surface area (Å²) in [6.45, 7) is 24.8. The molecule has 0 aliphatic carbocycles. The van der Waals surface area contributed by atoms with Gasteiger partial charge in [-0.15, -0.1) is 0 Å². The third kappa shape index (κ3) is 41.2. The number of phosphoric ester groups is 1. The number of unbranched alkanes of at least 4 members (excludes halogenated alkanes) is 28. The molecule has 0 aromatic rings. The van der Waals surface area contributed by atoms with E-state index in [1.54, 1.807) is 6.92 Å². The number of carbonyl (C=O) groups is 4. The highest BCUT2D eigenvalue weighted by molar-refractivity contribution is 7.47. The first kappa shape index (κ1) is 78.4. The molecule has 15 heteroatoms. The quantitative estimate of drug-likeness (QED) is 0.0253. The summed E-state index contributed by atoms with van der Waals surface area (Å²) < 4.78 is 46.6. The molecule has 0 saturated heterocycles. The van der Waals surface area contributed by atoms with Crippen molar-refractivity contribution < 1.29 is 56.6 Å². The van der Waals surface area contributed by atoms with Crippen LogP contribution in [0.5, 0.6) is 0 Å². The Labute approximate surface area is 496 Å². The summed E-state index contributed by atoms with van der Waals surface area (Å²) in [5, 5.41) is 13.2. The number of nitrogens with one attached hydrogen (secondary N) is 1. The number of ether oxygens (including phenoxy) is 4. The van der Waals surface area contributed by atoms with Crippen LogP contribution in [0.4, 0.5) is 0 Å². The Kier molecular flexibility index (Phi) is 43.4. The monoisotopic (exact) mass is 1170 g/mol. The van der Waals surface area contributed by atoms with Crippen molar-refractivity contribution in [2.24, 2.45) is 22.2 Å². The van der Waals surface area contributed by atoms with Crippen LogP contribution in [0.15, 0.2) is 0 Å². The van der Waals surface area contributed by atoms with Crippen molar-refractivity contribution in [1.29, 1.82) is 5.26 Å². The van der Waals surface area contributed by atoms with E-state index in [9.17, 15) is 33.9 Å². The number of amides is 1. The van der Waals surface area contributed by atoms with E-state index in [2.05, 4.69) is 25.2 Å². The Morgan fingerprint density at radius 3 is 1.38 bits per heavy atom. The Bertz CT molecular complexity index is 1740. The summed E-state index contributed by atoms with van der Waals surface area (Å²) >= 11 is 0. The van der Waals surface area contributed by atoms with Crippen molar-refractivity contribution in [2.45, 2.75) is 338 Å². The third-order valence-corrected chi connectivity index (χ3v) is 17.5. The fourth-order valence-corrected chi connectivity index (χ4v) is 10.9. The second kappa shape index (κ2) is 44.9. The van der Waals surface area contributed by atoms with Gasteiger partial charge in [0, 0.05) is 32.2 Å². The van der Waals surface area contributed by atoms with Gasteiger partial charge in [-0.2, -0.15) is 5.26 Å². The molecule has 0 radical (unpaired) electrons. The van der Waals surface area contributed by atoms with Crippen LogP contribution in [0.1, 0.15) is 321 Å². The predicted octanol–water partition coefficient (Wildman–Crippen LogP) is 18.1. The molecule has 14 nitrogen and oxygen atoms in total. The van der Waals surface area contributed by atoms with E-state index < -0.39 is 54.3 Å². The van der Waals surface area contributed by atoms with E-state index in [-0.39, 0.29) is 68.8 Å². The average Bonchev–Trinajstić information content (AvgIpc) is 3.47. The smallest absolute Gasteiger partial charge is 0.462 e. The van der Waals surface area contributed by atoms with Gasteiger partial charge in [0.25, 0.3) is 0 Å². The van der Waals surface area contributed by atoms with Crippen LogP contribution >= 0.6 is 7.82 Å². The Hall–Kier alpha value is -2.56. The standard InChI is InChI=1S/C66H125N2O12P/c1-14-16-18-20-22-24-26-28-30-32-34-36-38-40-42-44-59(70)75-52-57(79-60(71)45-43-41-39-37-35-33-31-29-27-25-23-21-19-17-15-2)53-78-81(73,74)77-51-49-68-58(69)46-47-65(12,55-67)63(8,9)54-66(13,56(3)4)61(72)80-64(10,11)48-50-76-62(5,6)7/h56-57H,14-54H2,1-13H3,(H,68,69)(H,73,74)/t57-,65?,66?/m1/s1. The highest BCUT2D eigenvalue weighted by atomic mass is 31.2. The number of hydrogen-bond donors (Lipinski definition) is 2. The van der Waals surface area contributed by atoms with Gasteiger partial charge in [0.1, 0.15) is 12.2 Å². The van der Waals surface area contributed by atoms with Crippen LogP contribution in [0.3, 0.4) is 0 Å². The number of esters is 3. The summed E-state index contributed by atoms with van der Waals surface area (Å²) in [6, 6.07) is 2.44. The van der Waals surface area contributed by atoms with E-state index in [0.717, 1.165) is 38.5 Å². The van der Waals surface area contributed by atoms with E-state index in [4.69, 9.17) is 28.0 Å². The van der Waals surface area contributed by atoms with Crippen molar-refractivity contribution in [1.82, 2.24) is 5.32 Å². The van der Waals surface area contributed by atoms with E-state index >= 15 is 0 Å². The lowest BCUT2D eigenvalue weighted by Gasteiger charge is -2.46. The normalized spacial score (nSPS) is 14.8. The predicted molar refractivity (Wildman–Crippen MR) is 329 cm³/mol.